The molecule has 0 aliphatic rings. The van der Waals surface area contributed by atoms with Gasteiger partial charge in [-0.3, -0.25) is 0 Å². The molecular formula is C15H24O3. The number of aliphatic hydroxyl groups is 1. The molecule has 3 heteroatoms. The van der Waals surface area contributed by atoms with Gasteiger partial charge >= 0.3 is 0 Å². The van der Waals surface area contributed by atoms with Crippen molar-refractivity contribution in [2.45, 2.75) is 39.9 Å². The predicted molar refractivity (Wildman–Crippen MR) is 72.6 cm³/mol. The second-order valence-electron chi connectivity index (χ2n) is 4.89. The molecule has 0 aliphatic heterocycles. The maximum atomic E-state index is 9.11. The predicted octanol–water partition coefficient (Wildman–Crippen LogP) is 3.14. The topological polar surface area (TPSA) is 38.7 Å². The molecule has 0 saturated carbocycles. The highest BCUT2D eigenvalue weighted by Crippen LogP contribution is 2.21. The molecule has 0 aliphatic carbocycles. The van der Waals surface area contributed by atoms with Crippen LogP contribution in [0, 0.1) is 5.92 Å². The molecule has 1 N–H and O–H groups in total. The lowest BCUT2D eigenvalue weighted by atomic mass is 10.1. The van der Waals surface area contributed by atoms with Gasteiger partial charge in [0.15, 0.2) is 0 Å². The van der Waals surface area contributed by atoms with Crippen LogP contribution in [-0.4, -0.2) is 18.8 Å². The molecule has 0 spiro atoms. The van der Waals surface area contributed by atoms with Crippen LogP contribution in [0.1, 0.15) is 37.8 Å². The Labute approximate surface area is 110 Å². The van der Waals surface area contributed by atoms with E-state index in [9.17, 15) is 0 Å². The van der Waals surface area contributed by atoms with Gasteiger partial charge in [0.25, 0.3) is 0 Å². The molecule has 0 bridgehead atoms. The fourth-order valence-corrected chi connectivity index (χ4v) is 1.82. The first kappa shape index (κ1) is 15.0. The van der Waals surface area contributed by atoms with Gasteiger partial charge in [0, 0.05) is 12.2 Å². The summed E-state index contributed by atoms with van der Waals surface area (Å²) in [5.74, 6) is 1.54. The fraction of sp³-hybridized carbons (Fsp3) is 0.600. The average Bonchev–Trinajstić information content (AvgIpc) is 2.37. The number of rotatable bonds is 8. The van der Waals surface area contributed by atoms with Crippen molar-refractivity contribution >= 4 is 0 Å². The number of methoxy groups -OCH3 is 1. The molecular weight excluding hydrogens is 228 g/mol. The molecule has 0 saturated heterocycles. The first-order valence-electron chi connectivity index (χ1n) is 6.51. The second-order valence-corrected chi connectivity index (χ2v) is 4.89. The van der Waals surface area contributed by atoms with Crippen LogP contribution >= 0.6 is 0 Å². The Morgan fingerprint density at radius 1 is 1.28 bits per heavy atom. The van der Waals surface area contributed by atoms with E-state index >= 15 is 0 Å². The lowest BCUT2D eigenvalue weighted by Crippen LogP contribution is -2.00. The largest absolute Gasteiger partial charge is 0.496 e. The number of hydrogen-bond donors (Lipinski definition) is 1. The van der Waals surface area contributed by atoms with Crippen LogP contribution in [0.4, 0.5) is 0 Å². The van der Waals surface area contributed by atoms with E-state index in [-0.39, 0.29) is 6.61 Å². The van der Waals surface area contributed by atoms with Crippen LogP contribution in [-0.2, 0) is 18.0 Å². The van der Waals surface area contributed by atoms with E-state index in [1.54, 1.807) is 7.11 Å². The van der Waals surface area contributed by atoms with Crippen LogP contribution in [0.3, 0.4) is 0 Å². The van der Waals surface area contributed by atoms with Crippen molar-refractivity contribution in [2.75, 3.05) is 13.7 Å². The summed E-state index contributed by atoms with van der Waals surface area (Å²) in [6, 6.07) is 5.67. The molecule has 3 nitrogen and oxygen atoms in total. The lowest BCUT2D eigenvalue weighted by Gasteiger charge is -2.11. The van der Waals surface area contributed by atoms with Gasteiger partial charge in [0.2, 0.25) is 0 Å². The lowest BCUT2D eigenvalue weighted by molar-refractivity contribution is 0.113. The molecule has 0 heterocycles. The molecule has 0 amide bonds. The minimum Gasteiger partial charge on any atom is -0.496 e. The summed E-state index contributed by atoms with van der Waals surface area (Å²) < 4.78 is 10.9. The monoisotopic (exact) mass is 252 g/mol. The quantitative estimate of drug-likeness (QED) is 0.722. The zero-order chi connectivity index (χ0) is 13.4. The van der Waals surface area contributed by atoms with Crippen molar-refractivity contribution in [3.63, 3.8) is 0 Å². The van der Waals surface area contributed by atoms with Crippen molar-refractivity contribution < 1.29 is 14.6 Å². The molecule has 1 aromatic carbocycles. The standard InChI is InChI=1S/C15H24O3/c1-12(2)5-4-8-18-11-14-9-13(10-16)6-7-15(14)17-3/h6-7,9,12,16H,4-5,8,10-11H2,1-3H3. The van der Waals surface area contributed by atoms with E-state index in [0.29, 0.717) is 6.61 Å². The third kappa shape index (κ3) is 5.07. The highest BCUT2D eigenvalue weighted by Gasteiger charge is 2.04. The molecule has 1 rings (SSSR count). The minimum atomic E-state index is 0.0460. The van der Waals surface area contributed by atoms with Gasteiger partial charge in [-0.1, -0.05) is 19.9 Å². The molecule has 0 atom stereocenters. The third-order valence-corrected chi connectivity index (χ3v) is 2.86. The third-order valence-electron chi connectivity index (χ3n) is 2.86. The van der Waals surface area contributed by atoms with Gasteiger partial charge in [-0.2, -0.15) is 0 Å². The summed E-state index contributed by atoms with van der Waals surface area (Å²) in [6.07, 6.45) is 2.27. The molecule has 0 aromatic heterocycles. The average molecular weight is 252 g/mol. The second kappa shape index (κ2) is 8.11. The first-order chi connectivity index (χ1) is 8.67. The van der Waals surface area contributed by atoms with E-state index in [1.807, 2.05) is 18.2 Å². The van der Waals surface area contributed by atoms with Crippen LogP contribution in [0.25, 0.3) is 0 Å². The van der Waals surface area contributed by atoms with Crippen molar-refractivity contribution in [1.29, 1.82) is 0 Å². The number of aliphatic hydroxyl groups excluding tert-OH is 1. The Balaban J connectivity index is 2.44. The summed E-state index contributed by atoms with van der Waals surface area (Å²) >= 11 is 0. The van der Waals surface area contributed by atoms with Crippen LogP contribution in [0.15, 0.2) is 18.2 Å². The normalized spacial score (nSPS) is 10.9. The number of hydrogen-bond acceptors (Lipinski definition) is 3. The zero-order valence-corrected chi connectivity index (χ0v) is 11.6. The van der Waals surface area contributed by atoms with Gasteiger partial charge < -0.3 is 14.6 Å². The Morgan fingerprint density at radius 2 is 2.06 bits per heavy atom. The SMILES string of the molecule is COc1ccc(CO)cc1COCCCC(C)C. The van der Waals surface area contributed by atoms with Gasteiger partial charge in [-0.15, -0.1) is 0 Å². The molecule has 102 valence electrons. The minimum absolute atomic E-state index is 0.0460. The Hall–Kier alpha value is -1.06. The maximum absolute atomic E-state index is 9.11. The first-order valence-corrected chi connectivity index (χ1v) is 6.51. The summed E-state index contributed by atoms with van der Waals surface area (Å²) in [7, 11) is 1.65. The van der Waals surface area contributed by atoms with Gasteiger partial charge in [0.05, 0.1) is 20.3 Å². The summed E-state index contributed by atoms with van der Waals surface area (Å²) in [5, 5.41) is 9.11. The van der Waals surface area contributed by atoms with Crippen LogP contribution in [0.2, 0.25) is 0 Å². The van der Waals surface area contributed by atoms with E-state index in [2.05, 4.69) is 13.8 Å². The van der Waals surface area contributed by atoms with Gasteiger partial charge in [0.1, 0.15) is 5.75 Å². The van der Waals surface area contributed by atoms with Crippen molar-refractivity contribution in [2.24, 2.45) is 5.92 Å². The molecule has 1 aromatic rings. The molecule has 0 fully saturated rings. The van der Waals surface area contributed by atoms with Gasteiger partial charge in [-0.05, 0) is 36.5 Å². The zero-order valence-electron chi connectivity index (χ0n) is 11.6. The van der Waals surface area contributed by atoms with Crippen LogP contribution < -0.4 is 4.74 Å². The Bertz CT molecular complexity index is 348. The van der Waals surface area contributed by atoms with E-state index < -0.39 is 0 Å². The molecule has 18 heavy (non-hydrogen) atoms. The summed E-state index contributed by atoms with van der Waals surface area (Å²) in [6.45, 7) is 5.78. The smallest absolute Gasteiger partial charge is 0.124 e. The van der Waals surface area contributed by atoms with Crippen LogP contribution in [0.5, 0.6) is 5.75 Å². The highest BCUT2D eigenvalue weighted by atomic mass is 16.5. The number of ether oxygens (including phenoxy) is 2. The number of benzene rings is 1. The fourth-order valence-electron chi connectivity index (χ4n) is 1.82. The summed E-state index contributed by atoms with van der Waals surface area (Å²) in [5.41, 5.74) is 1.88. The van der Waals surface area contributed by atoms with Crippen molar-refractivity contribution in [3.05, 3.63) is 29.3 Å². The molecule has 0 radical (unpaired) electrons. The van der Waals surface area contributed by atoms with Crippen molar-refractivity contribution in [1.82, 2.24) is 0 Å². The Morgan fingerprint density at radius 3 is 2.67 bits per heavy atom. The van der Waals surface area contributed by atoms with Crippen molar-refractivity contribution in [3.8, 4) is 5.75 Å². The highest BCUT2D eigenvalue weighted by molar-refractivity contribution is 5.36. The maximum Gasteiger partial charge on any atom is 0.124 e. The van der Waals surface area contributed by atoms with E-state index in [4.69, 9.17) is 14.6 Å². The van der Waals surface area contributed by atoms with E-state index in [1.165, 1.54) is 6.42 Å². The molecule has 0 unspecified atom stereocenters. The van der Waals surface area contributed by atoms with Gasteiger partial charge in [-0.25, -0.2) is 0 Å². The summed E-state index contributed by atoms with van der Waals surface area (Å²) in [4.78, 5) is 0. The Kier molecular flexibility index (Phi) is 6.76. The van der Waals surface area contributed by atoms with E-state index in [0.717, 1.165) is 35.8 Å².